The molecule has 0 saturated heterocycles. The van der Waals surface area contributed by atoms with Gasteiger partial charge in [-0.15, -0.1) is 0 Å². The van der Waals surface area contributed by atoms with Crippen molar-refractivity contribution in [3.63, 3.8) is 0 Å². The molecule has 2 nitrogen and oxygen atoms in total. The predicted octanol–water partition coefficient (Wildman–Crippen LogP) is 4.85. The average molecular weight is 418 g/mol. The zero-order valence-corrected chi connectivity index (χ0v) is 12.7. The summed E-state index contributed by atoms with van der Waals surface area (Å²) >= 11 is 5.38. The number of rotatable bonds is 2. The maximum atomic E-state index is 12.8. The molecular formula is C13H6BrFINO. The first-order chi connectivity index (χ1) is 8.60. The molecule has 2 aromatic rings. The first-order valence-corrected chi connectivity index (χ1v) is 6.80. The minimum absolute atomic E-state index is 0.327. The molecule has 0 amide bonds. The SMILES string of the molecule is N#CC(=Cc1cc(Br)c(I)o1)c1ccc(F)cc1. The molecule has 0 bridgehead atoms. The average Bonchev–Trinajstić information content (AvgIpc) is 2.67. The fourth-order valence-electron chi connectivity index (χ4n) is 1.39. The third kappa shape index (κ3) is 3.00. The van der Waals surface area contributed by atoms with Gasteiger partial charge in [-0.1, -0.05) is 12.1 Å². The normalized spacial score (nSPS) is 11.3. The Kier molecular flexibility index (Phi) is 4.19. The highest BCUT2D eigenvalue weighted by Crippen LogP contribution is 2.26. The lowest BCUT2D eigenvalue weighted by Gasteiger charge is -1.97. The van der Waals surface area contributed by atoms with Gasteiger partial charge < -0.3 is 4.42 Å². The standard InChI is InChI=1S/C13H6BrFINO/c14-12-6-11(18-13(12)16)5-9(7-17)8-1-3-10(15)4-2-8/h1-6H. The van der Waals surface area contributed by atoms with Crippen molar-refractivity contribution in [1.82, 2.24) is 0 Å². The van der Waals surface area contributed by atoms with Crippen LogP contribution in [-0.4, -0.2) is 0 Å². The first-order valence-electron chi connectivity index (χ1n) is 4.92. The summed E-state index contributed by atoms with van der Waals surface area (Å²) in [4.78, 5) is 0. The highest BCUT2D eigenvalue weighted by Gasteiger charge is 2.07. The van der Waals surface area contributed by atoms with E-state index < -0.39 is 0 Å². The highest BCUT2D eigenvalue weighted by molar-refractivity contribution is 14.1. The molecule has 0 atom stereocenters. The van der Waals surface area contributed by atoms with Gasteiger partial charge in [-0.05, 0) is 45.8 Å². The van der Waals surface area contributed by atoms with Gasteiger partial charge in [0.15, 0.2) is 3.77 Å². The summed E-state index contributed by atoms with van der Waals surface area (Å²) in [7, 11) is 0. The number of benzene rings is 1. The predicted molar refractivity (Wildman–Crippen MR) is 79.0 cm³/mol. The van der Waals surface area contributed by atoms with Crippen molar-refractivity contribution < 1.29 is 8.81 Å². The molecule has 0 N–H and O–H groups in total. The maximum absolute atomic E-state index is 12.8. The molecule has 1 aromatic carbocycles. The molecule has 5 heteroatoms. The molecule has 0 aliphatic carbocycles. The van der Waals surface area contributed by atoms with E-state index in [-0.39, 0.29) is 5.82 Å². The number of hydrogen-bond acceptors (Lipinski definition) is 2. The summed E-state index contributed by atoms with van der Waals surface area (Å²) in [6, 6.07) is 9.63. The second kappa shape index (κ2) is 5.67. The van der Waals surface area contributed by atoms with Gasteiger partial charge in [0.05, 0.1) is 16.1 Å². The topological polar surface area (TPSA) is 36.9 Å². The van der Waals surface area contributed by atoms with E-state index >= 15 is 0 Å². The number of nitriles is 1. The van der Waals surface area contributed by atoms with Crippen molar-refractivity contribution in [2.24, 2.45) is 0 Å². The summed E-state index contributed by atoms with van der Waals surface area (Å²) in [5.74, 6) is 0.249. The minimum atomic E-state index is -0.327. The van der Waals surface area contributed by atoms with Crippen molar-refractivity contribution in [3.8, 4) is 6.07 Å². The molecule has 2 rings (SSSR count). The van der Waals surface area contributed by atoms with Crippen LogP contribution in [0, 0.1) is 20.9 Å². The van der Waals surface area contributed by atoms with Crippen molar-refractivity contribution in [2.75, 3.05) is 0 Å². The second-order valence-corrected chi connectivity index (χ2v) is 5.28. The Balaban J connectivity index is 2.40. The zero-order chi connectivity index (χ0) is 13.1. The Bertz CT molecular complexity index is 621. The molecule has 90 valence electrons. The van der Waals surface area contributed by atoms with Gasteiger partial charge in [0, 0.05) is 22.6 Å². The van der Waals surface area contributed by atoms with E-state index in [1.54, 1.807) is 24.3 Å². The van der Waals surface area contributed by atoms with Gasteiger partial charge >= 0.3 is 0 Å². The smallest absolute Gasteiger partial charge is 0.178 e. The summed E-state index contributed by atoms with van der Waals surface area (Å²) in [5, 5.41) is 9.12. The van der Waals surface area contributed by atoms with Gasteiger partial charge in [0.2, 0.25) is 0 Å². The van der Waals surface area contributed by atoms with Crippen molar-refractivity contribution in [3.05, 3.63) is 55.7 Å². The van der Waals surface area contributed by atoms with Gasteiger partial charge in [0.1, 0.15) is 11.6 Å². The molecule has 0 saturated carbocycles. The Labute approximate surface area is 125 Å². The summed E-state index contributed by atoms with van der Waals surface area (Å²) < 4.78 is 19.8. The molecule has 0 unspecified atom stereocenters. The summed E-state index contributed by atoms with van der Waals surface area (Å²) in [5.41, 5.74) is 1.08. The van der Waals surface area contributed by atoms with Crippen LogP contribution in [0.15, 0.2) is 39.2 Å². The fourth-order valence-corrected chi connectivity index (χ4v) is 2.10. The van der Waals surface area contributed by atoms with E-state index in [1.807, 2.05) is 22.6 Å². The highest BCUT2D eigenvalue weighted by atomic mass is 127. The quantitative estimate of drug-likeness (QED) is 0.517. The van der Waals surface area contributed by atoms with Crippen molar-refractivity contribution >= 4 is 50.2 Å². The van der Waals surface area contributed by atoms with Gasteiger partial charge in [-0.2, -0.15) is 5.26 Å². The van der Waals surface area contributed by atoms with Crippen LogP contribution in [0.25, 0.3) is 11.6 Å². The van der Waals surface area contributed by atoms with E-state index in [1.165, 1.54) is 12.1 Å². The molecular weight excluding hydrogens is 412 g/mol. The number of allylic oxidation sites excluding steroid dienone is 1. The summed E-state index contributed by atoms with van der Waals surface area (Å²) in [6.45, 7) is 0. The van der Waals surface area contributed by atoms with E-state index in [9.17, 15) is 4.39 Å². The lowest BCUT2D eigenvalue weighted by Crippen LogP contribution is -1.82. The molecule has 0 fully saturated rings. The lowest BCUT2D eigenvalue weighted by atomic mass is 10.1. The van der Waals surface area contributed by atoms with Crippen LogP contribution in [0.4, 0.5) is 4.39 Å². The van der Waals surface area contributed by atoms with Crippen LogP contribution in [-0.2, 0) is 0 Å². The van der Waals surface area contributed by atoms with Crippen LogP contribution in [0.1, 0.15) is 11.3 Å². The van der Waals surface area contributed by atoms with Crippen LogP contribution < -0.4 is 0 Å². The molecule has 1 heterocycles. The second-order valence-electron chi connectivity index (χ2n) is 3.45. The molecule has 0 aliphatic rings. The number of halogens is 3. The Hall–Kier alpha value is -1.13. The van der Waals surface area contributed by atoms with E-state index in [2.05, 4.69) is 22.0 Å². The lowest BCUT2D eigenvalue weighted by molar-refractivity contribution is 0.527. The van der Waals surface area contributed by atoms with Gasteiger partial charge in [-0.25, -0.2) is 4.39 Å². The fraction of sp³-hybridized carbons (Fsp3) is 0. The van der Waals surface area contributed by atoms with E-state index in [0.29, 0.717) is 16.9 Å². The molecule has 0 radical (unpaired) electrons. The van der Waals surface area contributed by atoms with Gasteiger partial charge in [-0.3, -0.25) is 0 Å². The third-order valence-corrected chi connectivity index (χ3v) is 4.36. The van der Waals surface area contributed by atoms with E-state index in [4.69, 9.17) is 9.68 Å². The van der Waals surface area contributed by atoms with Crippen molar-refractivity contribution in [1.29, 1.82) is 5.26 Å². The van der Waals surface area contributed by atoms with E-state index in [0.717, 1.165) is 8.24 Å². The molecule has 18 heavy (non-hydrogen) atoms. The number of furan rings is 1. The Morgan fingerprint density at radius 1 is 1.39 bits per heavy atom. The minimum Gasteiger partial charge on any atom is -0.450 e. The zero-order valence-electron chi connectivity index (χ0n) is 8.95. The Morgan fingerprint density at radius 2 is 2.06 bits per heavy atom. The first kappa shape index (κ1) is 13.3. The van der Waals surface area contributed by atoms with Crippen molar-refractivity contribution in [2.45, 2.75) is 0 Å². The van der Waals surface area contributed by atoms with Crippen LogP contribution in [0.2, 0.25) is 0 Å². The summed E-state index contributed by atoms with van der Waals surface area (Å²) in [6.07, 6.45) is 1.63. The third-order valence-electron chi connectivity index (χ3n) is 2.23. The molecule has 0 aliphatic heterocycles. The maximum Gasteiger partial charge on any atom is 0.178 e. The van der Waals surface area contributed by atoms with Crippen LogP contribution >= 0.6 is 38.5 Å². The molecule has 0 spiro atoms. The van der Waals surface area contributed by atoms with Crippen LogP contribution in [0.5, 0.6) is 0 Å². The largest absolute Gasteiger partial charge is 0.450 e. The monoisotopic (exact) mass is 417 g/mol. The number of nitrogens with zero attached hydrogens (tertiary/aromatic N) is 1. The van der Waals surface area contributed by atoms with Crippen LogP contribution in [0.3, 0.4) is 0 Å². The Morgan fingerprint density at radius 3 is 2.56 bits per heavy atom. The van der Waals surface area contributed by atoms with Gasteiger partial charge in [0.25, 0.3) is 0 Å². The number of hydrogen-bond donors (Lipinski definition) is 0. The molecule has 1 aromatic heterocycles.